The van der Waals surface area contributed by atoms with E-state index in [0.29, 0.717) is 55.2 Å². The van der Waals surface area contributed by atoms with Gasteiger partial charge in [0.05, 0.1) is 56.6 Å². The Morgan fingerprint density at radius 3 is 2.68 bits per heavy atom. The molecule has 3 saturated heterocycles. The molecule has 0 aromatic carbocycles. The van der Waals surface area contributed by atoms with Gasteiger partial charge in [0.25, 0.3) is 6.43 Å². The first-order valence-corrected chi connectivity index (χ1v) is 15.2. The number of rotatable bonds is 9. The molecule has 0 bridgehead atoms. The number of pyridine rings is 2. The van der Waals surface area contributed by atoms with Crippen molar-refractivity contribution < 1.29 is 37.6 Å². The summed E-state index contributed by atoms with van der Waals surface area (Å²) in [5.74, 6) is -0.989. The lowest BCUT2D eigenvalue weighted by atomic mass is 9.90. The van der Waals surface area contributed by atoms with Crippen LogP contribution in [0.5, 0.6) is 11.8 Å². The number of carboxylic acid groups (broad SMARTS) is 1. The summed E-state index contributed by atoms with van der Waals surface area (Å²) in [5, 5.41) is 10.2. The Morgan fingerprint density at radius 1 is 1.13 bits per heavy atom. The number of aromatic amines is 1. The Morgan fingerprint density at radius 2 is 1.98 bits per heavy atom. The second-order valence-electron chi connectivity index (χ2n) is 11.7. The molecule has 3 aliphatic heterocycles. The van der Waals surface area contributed by atoms with Gasteiger partial charge in [-0.3, -0.25) is 0 Å². The summed E-state index contributed by atoms with van der Waals surface area (Å²) in [6.45, 7) is 4.09. The Labute approximate surface area is 268 Å². The molecule has 0 amide bonds. The van der Waals surface area contributed by atoms with Gasteiger partial charge < -0.3 is 38.8 Å². The Kier molecular flexibility index (Phi) is 8.09. The molecular formula is C32H33F2N7O6. The van der Waals surface area contributed by atoms with Crippen molar-refractivity contribution >= 4 is 17.5 Å². The Balaban J connectivity index is 1.23. The van der Waals surface area contributed by atoms with Crippen LogP contribution in [-0.4, -0.2) is 99.8 Å². The van der Waals surface area contributed by atoms with Crippen LogP contribution in [0.1, 0.15) is 25.6 Å². The zero-order chi connectivity index (χ0) is 32.7. The second kappa shape index (κ2) is 12.4. The number of halogens is 2. The molecule has 0 aliphatic carbocycles. The third kappa shape index (κ3) is 5.80. The van der Waals surface area contributed by atoms with Gasteiger partial charge in [-0.15, -0.1) is 0 Å². The fourth-order valence-corrected chi connectivity index (χ4v) is 6.32. The number of aliphatic carboxylic acids is 1. The van der Waals surface area contributed by atoms with E-state index in [4.69, 9.17) is 23.9 Å². The molecule has 2 N–H and O–H groups in total. The van der Waals surface area contributed by atoms with Crippen LogP contribution in [0.15, 0.2) is 54.9 Å². The summed E-state index contributed by atoms with van der Waals surface area (Å²) >= 11 is 0. The zero-order valence-corrected chi connectivity index (χ0v) is 25.7. The van der Waals surface area contributed by atoms with E-state index in [1.807, 2.05) is 18.2 Å². The molecule has 1 spiro atoms. The van der Waals surface area contributed by atoms with Gasteiger partial charge in [0, 0.05) is 43.1 Å². The fraction of sp³-hybridized carbons (Fsp3) is 0.406. The largest absolute Gasteiger partial charge is 0.481 e. The number of morpholine rings is 1. The van der Waals surface area contributed by atoms with Crippen LogP contribution in [0.2, 0.25) is 0 Å². The first-order chi connectivity index (χ1) is 22.7. The number of hydrogen-bond donors (Lipinski definition) is 2. The average molecular weight is 650 g/mol. The van der Waals surface area contributed by atoms with Crippen LogP contribution in [0.25, 0.3) is 22.6 Å². The number of aromatic nitrogens is 5. The van der Waals surface area contributed by atoms with E-state index >= 15 is 0 Å². The van der Waals surface area contributed by atoms with Crippen molar-refractivity contribution in [1.29, 1.82) is 0 Å². The number of hydrogen-bond acceptors (Lipinski definition) is 11. The fourth-order valence-electron chi connectivity index (χ4n) is 6.32. The topological polar surface area (TPSA) is 148 Å². The molecule has 0 radical (unpaired) electrons. The molecule has 0 saturated carbocycles. The third-order valence-corrected chi connectivity index (χ3v) is 8.93. The maximum atomic E-state index is 13.9. The van der Waals surface area contributed by atoms with Crippen molar-refractivity contribution in [2.24, 2.45) is 0 Å². The van der Waals surface area contributed by atoms with E-state index in [1.54, 1.807) is 37.7 Å². The Hall–Kier alpha value is -4.89. The summed E-state index contributed by atoms with van der Waals surface area (Å²) in [6.07, 6.45) is -0.242. The first-order valence-electron chi connectivity index (χ1n) is 15.2. The highest BCUT2D eigenvalue weighted by Crippen LogP contribution is 2.41. The standard InChI is InChI=1S/C32H33F2N7O6/c1-18-32(16-45-17-32)46-10-9-40(18)24-11-19(21-5-3-7-27(37-21)44-2)14-36-30(24)47-20-12-25(31(42)43)41(15-20)26-13-23(22-6-4-8-35-22)38-29(39-26)28(33)34/h3-8,11,13-14,18,20,25,28,35H,9-10,12,15-17H2,1-2H3,(H,42,43)/t18-,20-,25-/m0/s1. The van der Waals surface area contributed by atoms with Crippen LogP contribution in [0.4, 0.5) is 20.3 Å². The summed E-state index contributed by atoms with van der Waals surface area (Å²) in [6, 6.07) is 11.1. The van der Waals surface area contributed by atoms with Crippen LogP contribution < -0.4 is 19.3 Å². The molecule has 3 aliphatic rings. The number of H-pyrrole nitrogens is 1. The molecule has 0 unspecified atom stereocenters. The second-order valence-corrected chi connectivity index (χ2v) is 11.7. The Bertz CT molecular complexity index is 1760. The third-order valence-electron chi connectivity index (χ3n) is 8.93. The number of methoxy groups -OCH3 is 1. The zero-order valence-electron chi connectivity index (χ0n) is 25.7. The summed E-state index contributed by atoms with van der Waals surface area (Å²) < 4.78 is 51.3. The first kappa shape index (κ1) is 30.7. The molecule has 7 rings (SSSR count). The minimum absolute atomic E-state index is 0.0670. The van der Waals surface area contributed by atoms with E-state index in [1.165, 1.54) is 11.0 Å². The van der Waals surface area contributed by atoms with Crippen LogP contribution in [0.3, 0.4) is 0 Å². The number of nitrogens with zero attached hydrogens (tertiary/aromatic N) is 6. The molecule has 15 heteroatoms. The predicted molar refractivity (Wildman–Crippen MR) is 165 cm³/mol. The van der Waals surface area contributed by atoms with Gasteiger partial charge in [0.2, 0.25) is 11.8 Å². The monoisotopic (exact) mass is 649 g/mol. The lowest BCUT2D eigenvalue weighted by molar-refractivity contribution is -0.228. The highest BCUT2D eigenvalue weighted by molar-refractivity contribution is 5.79. The number of nitrogens with one attached hydrogen (secondary N) is 1. The lowest BCUT2D eigenvalue weighted by Gasteiger charge is -2.53. The van der Waals surface area contributed by atoms with Gasteiger partial charge in [0.15, 0.2) is 5.82 Å². The van der Waals surface area contributed by atoms with Crippen molar-refractivity contribution in [3.05, 3.63) is 60.7 Å². The van der Waals surface area contributed by atoms with Gasteiger partial charge in [-0.2, -0.15) is 0 Å². The van der Waals surface area contributed by atoms with Gasteiger partial charge in [0.1, 0.15) is 29.3 Å². The molecule has 4 aromatic rings. The van der Waals surface area contributed by atoms with Crippen molar-refractivity contribution in [2.75, 3.05) is 49.8 Å². The smallest absolute Gasteiger partial charge is 0.326 e. The summed E-state index contributed by atoms with van der Waals surface area (Å²) in [5.41, 5.74) is 2.34. The van der Waals surface area contributed by atoms with E-state index in [0.717, 1.165) is 5.56 Å². The maximum absolute atomic E-state index is 13.9. The molecule has 13 nitrogen and oxygen atoms in total. The van der Waals surface area contributed by atoms with Crippen molar-refractivity contribution in [3.8, 4) is 34.4 Å². The van der Waals surface area contributed by atoms with Crippen LogP contribution in [-0.2, 0) is 14.3 Å². The number of alkyl halides is 2. The predicted octanol–water partition coefficient (Wildman–Crippen LogP) is 3.98. The molecule has 3 atom stereocenters. The molecule has 4 aromatic heterocycles. The molecule has 47 heavy (non-hydrogen) atoms. The molecule has 3 fully saturated rings. The van der Waals surface area contributed by atoms with E-state index in [-0.39, 0.29) is 30.5 Å². The van der Waals surface area contributed by atoms with Gasteiger partial charge in [-0.1, -0.05) is 6.07 Å². The lowest BCUT2D eigenvalue weighted by Crippen LogP contribution is -2.68. The summed E-state index contributed by atoms with van der Waals surface area (Å²) in [7, 11) is 1.55. The van der Waals surface area contributed by atoms with Gasteiger partial charge >= 0.3 is 5.97 Å². The van der Waals surface area contributed by atoms with Crippen molar-refractivity contribution in [1.82, 2.24) is 24.9 Å². The normalized spacial score (nSPS) is 22.0. The number of carboxylic acids is 1. The SMILES string of the molecule is COc1cccc(-c2cnc(O[C@H]3C[C@@H](C(=O)O)N(c4cc(-c5ccc[nH]5)nc(C(F)F)n4)C3)c(N3CCOC4(COC4)[C@@H]3C)c2)n1. The molecule has 7 heterocycles. The maximum Gasteiger partial charge on any atom is 0.326 e. The minimum atomic E-state index is -2.95. The van der Waals surface area contributed by atoms with Crippen LogP contribution in [0, 0.1) is 0 Å². The molecular weight excluding hydrogens is 616 g/mol. The number of carbonyl (C=O) groups is 1. The van der Waals surface area contributed by atoms with Gasteiger partial charge in [-0.05, 0) is 31.2 Å². The van der Waals surface area contributed by atoms with E-state index in [9.17, 15) is 18.7 Å². The average Bonchev–Trinajstić information content (AvgIpc) is 3.76. The highest BCUT2D eigenvalue weighted by Gasteiger charge is 2.50. The summed E-state index contributed by atoms with van der Waals surface area (Å²) in [4.78, 5) is 36.4. The number of anilines is 2. The highest BCUT2D eigenvalue weighted by atomic mass is 19.3. The molecule has 246 valence electrons. The van der Waals surface area contributed by atoms with E-state index in [2.05, 4.69) is 31.8 Å². The van der Waals surface area contributed by atoms with Crippen molar-refractivity contribution in [3.63, 3.8) is 0 Å². The minimum Gasteiger partial charge on any atom is -0.481 e. The van der Waals surface area contributed by atoms with Gasteiger partial charge in [-0.25, -0.2) is 33.5 Å². The van der Waals surface area contributed by atoms with Crippen molar-refractivity contribution in [2.45, 2.75) is 43.6 Å². The quantitative estimate of drug-likeness (QED) is 0.270. The van der Waals surface area contributed by atoms with Crippen LogP contribution >= 0.6 is 0 Å². The van der Waals surface area contributed by atoms with E-state index < -0.39 is 36.0 Å². The number of ether oxygens (including phenoxy) is 4.